The molecule has 0 aromatic rings. The van der Waals surface area contributed by atoms with Gasteiger partial charge < -0.3 is 48.5 Å². The Balaban J connectivity index is 1.66. The molecule has 0 amide bonds. The van der Waals surface area contributed by atoms with Crippen LogP contribution in [0, 0.1) is 0 Å². The van der Waals surface area contributed by atoms with Crippen molar-refractivity contribution in [2.45, 2.75) is 133 Å². The van der Waals surface area contributed by atoms with Crippen LogP contribution in [0.2, 0.25) is 18.1 Å². The van der Waals surface area contributed by atoms with E-state index >= 15 is 0 Å². The summed E-state index contributed by atoms with van der Waals surface area (Å²) in [4.78, 5) is 10.6. The lowest BCUT2D eigenvalue weighted by Gasteiger charge is -2.38. The van der Waals surface area contributed by atoms with Crippen molar-refractivity contribution >= 4 is 8.32 Å². The fourth-order valence-electron chi connectivity index (χ4n) is 4.37. The Kier molecular flexibility index (Phi) is 9.56. The molecule has 0 aromatic heterocycles. The van der Waals surface area contributed by atoms with Crippen molar-refractivity contribution < 1.29 is 58.3 Å². The van der Waals surface area contributed by atoms with E-state index in [1.165, 1.54) is 0 Å². The van der Waals surface area contributed by atoms with E-state index in [1.807, 2.05) is 13.8 Å². The third kappa shape index (κ3) is 7.28. The molecule has 0 radical (unpaired) electrons. The summed E-state index contributed by atoms with van der Waals surface area (Å²) in [6.45, 7) is 17.7. The van der Waals surface area contributed by atoms with Gasteiger partial charge in [-0.1, -0.05) is 20.8 Å². The maximum absolute atomic E-state index is 10.2. The molecule has 9 atom stereocenters. The number of hydrogen-bond donors (Lipinski definition) is 4. The lowest BCUT2D eigenvalue weighted by atomic mass is 9.99. The average molecular weight is 555 g/mol. The van der Waals surface area contributed by atoms with E-state index in [9.17, 15) is 20.4 Å². The highest BCUT2D eigenvalue weighted by molar-refractivity contribution is 6.74. The van der Waals surface area contributed by atoms with E-state index in [1.54, 1.807) is 13.8 Å². The highest BCUT2D eigenvalue weighted by atomic mass is 28.4. The quantitative estimate of drug-likeness (QED) is 0.181. The maximum Gasteiger partial charge on any atom is 0.220 e. The van der Waals surface area contributed by atoms with Gasteiger partial charge in [-0.2, -0.15) is 0 Å². The van der Waals surface area contributed by atoms with E-state index in [0.717, 1.165) is 0 Å². The van der Waals surface area contributed by atoms with E-state index in [4.69, 9.17) is 37.9 Å². The molecule has 3 rings (SSSR count). The van der Waals surface area contributed by atoms with Crippen LogP contribution in [0.15, 0.2) is 0 Å². The van der Waals surface area contributed by atoms with Crippen molar-refractivity contribution in [3.05, 3.63) is 0 Å². The highest BCUT2D eigenvalue weighted by Crippen LogP contribution is 2.41. The molecule has 3 fully saturated rings. The molecule has 0 unspecified atom stereocenters. The zero-order chi connectivity index (χ0) is 28.0. The normalized spacial score (nSPS) is 40.3. The van der Waals surface area contributed by atoms with E-state index in [-0.39, 0.29) is 11.6 Å². The van der Waals surface area contributed by atoms with Gasteiger partial charge in [-0.3, -0.25) is 0 Å². The standard InChI is InChI=1S/C24H46O12Si/c1-22(2,3)37(8,9)30-12-15-20(35-24(6,7)33-15)19-14(32-23(4,5)34-19)11-29-36-21-18(28)17(27)16(26)13(10-25)31-21/h13-21,25-28H,10-12H2,1-9H3/t13-,14-,15-,16-,17+,18+,19-,20-,21+/m1/s1. The number of aliphatic hydroxyl groups excluding tert-OH is 4. The van der Waals surface area contributed by atoms with Crippen LogP contribution >= 0.6 is 0 Å². The SMILES string of the molecule is CC1(C)O[C@@H]([C@@H]2OC(C)(C)O[C@@H]2CO[Si](C)(C)C(C)(C)C)[C@@H](COO[C@@H]2O[C@H](CO)[C@@H](O)[C@H](O)[C@@H]2O)O1. The molecule has 218 valence electrons. The number of rotatable bonds is 9. The molecule has 0 aliphatic carbocycles. The minimum atomic E-state index is -2.05. The fourth-order valence-corrected chi connectivity index (χ4v) is 5.38. The van der Waals surface area contributed by atoms with Crippen molar-refractivity contribution in [2.75, 3.05) is 19.8 Å². The van der Waals surface area contributed by atoms with E-state index in [0.29, 0.717) is 6.61 Å². The Labute approximate surface area is 220 Å². The molecule has 4 N–H and O–H groups in total. The Bertz CT molecular complexity index is 755. The van der Waals surface area contributed by atoms with Crippen LogP contribution in [-0.4, -0.2) is 115 Å². The molecule has 3 heterocycles. The van der Waals surface area contributed by atoms with Gasteiger partial charge in [0.25, 0.3) is 0 Å². The summed E-state index contributed by atoms with van der Waals surface area (Å²) in [7, 11) is -2.05. The predicted molar refractivity (Wildman–Crippen MR) is 132 cm³/mol. The van der Waals surface area contributed by atoms with E-state index < -0.39 is 81.6 Å². The van der Waals surface area contributed by atoms with Gasteiger partial charge >= 0.3 is 0 Å². The van der Waals surface area contributed by atoms with Crippen molar-refractivity contribution in [1.82, 2.24) is 0 Å². The highest BCUT2D eigenvalue weighted by Gasteiger charge is 2.55. The lowest BCUT2D eigenvalue weighted by Crippen LogP contribution is -2.59. The molecule has 3 aliphatic heterocycles. The molecule has 37 heavy (non-hydrogen) atoms. The van der Waals surface area contributed by atoms with Gasteiger partial charge in [-0.05, 0) is 45.8 Å². The molecule has 0 saturated carbocycles. The molecule has 12 nitrogen and oxygen atoms in total. The van der Waals surface area contributed by atoms with Gasteiger partial charge in [0.05, 0.1) is 13.2 Å². The van der Waals surface area contributed by atoms with Crippen LogP contribution < -0.4 is 0 Å². The fraction of sp³-hybridized carbons (Fsp3) is 1.00. The molecule has 3 aliphatic rings. The molecule has 0 spiro atoms. The van der Waals surface area contributed by atoms with Gasteiger partial charge in [0.1, 0.15) is 55.4 Å². The van der Waals surface area contributed by atoms with Crippen molar-refractivity contribution in [2.24, 2.45) is 0 Å². The van der Waals surface area contributed by atoms with Gasteiger partial charge in [-0.15, -0.1) is 0 Å². The minimum Gasteiger partial charge on any atom is -0.414 e. The number of hydrogen-bond acceptors (Lipinski definition) is 12. The largest absolute Gasteiger partial charge is 0.414 e. The Hall–Kier alpha value is -0.263. The monoisotopic (exact) mass is 554 g/mol. The molecule has 3 saturated heterocycles. The van der Waals surface area contributed by atoms with Crippen LogP contribution in [0.25, 0.3) is 0 Å². The second kappa shape index (κ2) is 11.3. The van der Waals surface area contributed by atoms with Crippen molar-refractivity contribution in [3.8, 4) is 0 Å². The van der Waals surface area contributed by atoms with E-state index in [2.05, 4.69) is 33.9 Å². The van der Waals surface area contributed by atoms with Crippen LogP contribution in [-0.2, 0) is 37.9 Å². The maximum atomic E-state index is 10.2. The van der Waals surface area contributed by atoms with Gasteiger partial charge in [0.15, 0.2) is 19.9 Å². The zero-order valence-electron chi connectivity index (χ0n) is 23.4. The molecular formula is C24H46O12Si. The third-order valence-electron chi connectivity index (χ3n) is 7.43. The smallest absolute Gasteiger partial charge is 0.220 e. The zero-order valence-corrected chi connectivity index (χ0v) is 24.4. The first-order chi connectivity index (χ1) is 16.9. The predicted octanol–water partition coefficient (Wildman–Crippen LogP) is 0.797. The second-order valence-corrected chi connectivity index (χ2v) is 17.2. The Morgan fingerprint density at radius 1 is 0.757 bits per heavy atom. The van der Waals surface area contributed by atoms with Gasteiger partial charge in [-0.25, -0.2) is 9.78 Å². The van der Waals surface area contributed by atoms with Gasteiger partial charge in [0.2, 0.25) is 6.29 Å². The summed E-state index contributed by atoms with van der Waals surface area (Å²) in [5, 5.41) is 39.4. The first-order valence-corrected chi connectivity index (χ1v) is 15.7. The van der Waals surface area contributed by atoms with Crippen molar-refractivity contribution in [1.29, 1.82) is 0 Å². The first kappa shape index (κ1) is 31.3. The van der Waals surface area contributed by atoms with Crippen LogP contribution in [0.4, 0.5) is 0 Å². The lowest BCUT2D eigenvalue weighted by molar-refractivity contribution is -0.430. The summed E-state index contributed by atoms with van der Waals surface area (Å²) in [6, 6.07) is 0. The summed E-state index contributed by atoms with van der Waals surface area (Å²) >= 11 is 0. The number of ether oxygens (including phenoxy) is 5. The van der Waals surface area contributed by atoms with Gasteiger partial charge in [0, 0.05) is 0 Å². The first-order valence-electron chi connectivity index (χ1n) is 12.8. The molecule has 13 heteroatoms. The molecule has 0 bridgehead atoms. The summed E-state index contributed by atoms with van der Waals surface area (Å²) < 4.78 is 36.5. The van der Waals surface area contributed by atoms with Crippen LogP contribution in [0.5, 0.6) is 0 Å². The summed E-state index contributed by atoms with van der Waals surface area (Å²) in [6.07, 6.45) is -9.38. The number of aliphatic hydroxyl groups is 4. The second-order valence-electron chi connectivity index (χ2n) is 12.4. The topological polar surface area (TPSA) is 155 Å². The summed E-state index contributed by atoms with van der Waals surface area (Å²) in [5.74, 6) is -1.80. The summed E-state index contributed by atoms with van der Waals surface area (Å²) in [5.41, 5.74) is 0. The van der Waals surface area contributed by atoms with Crippen LogP contribution in [0.3, 0.4) is 0 Å². The minimum absolute atomic E-state index is 0.0323. The molecular weight excluding hydrogens is 508 g/mol. The Morgan fingerprint density at radius 3 is 1.76 bits per heavy atom. The van der Waals surface area contributed by atoms with Crippen molar-refractivity contribution in [3.63, 3.8) is 0 Å². The van der Waals surface area contributed by atoms with Crippen LogP contribution in [0.1, 0.15) is 48.5 Å². The average Bonchev–Trinajstić information content (AvgIpc) is 3.25. The third-order valence-corrected chi connectivity index (χ3v) is 11.9. The Morgan fingerprint density at radius 2 is 1.27 bits per heavy atom. The molecule has 0 aromatic carbocycles.